The Kier molecular flexibility index (Phi) is 4.46. The molecule has 0 aliphatic heterocycles. The lowest BCUT2D eigenvalue weighted by Gasteiger charge is -2.22. The van der Waals surface area contributed by atoms with Crippen LogP contribution in [0.5, 0.6) is 0 Å². The summed E-state index contributed by atoms with van der Waals surface area (Å²) in [5, 5.41) is 3.62. The van der Waals surface area contributed by atoms with Gasteiger partial charge in [0, 0.05) is 11.7 Å². The maximum atomic E-state index is 11.7. The minimum absolute atomic E-state index is 0.264. The molecule has 0 spiro atoms. The SMILES string of the molecule is CCC1CCCC1Nc1cccc(C(=O)OC)c1C. The highest BCUT2D eigenvalue weighted by molar-refractivity contribution is 5.92. The molecule has 2 unspecified atom stereocenters. The molecule has 2 atom stereocenters. The number of carbonyl (C=O) groups excluding carboxylic acids is 1. The molecule has 1 aromatic carbocycles. The Hall–Kier alpha value is -1.51. The van der Waals surface area contributed by atoms with Gasteiger partial charge in [-0.25, -0.2) is 4.79 Å². The molecule has 0 heterocycles. The van der Waals surface area contributed by atoms with Crippen molar-refractivity contribution in [1.82, 2.24) is 0 Å². The number of methoxy groups -OCH3 is 1. The standard InChI is InChI=1S/C16H23NO2/c1-4-12-7-5-10-15(12)17-14-9-6-8-13(11(14)2)16(18)19-3/h6,8-9,12,15,17H,4-5,7,10H2,1-3H3. The van der Waals surface area contributed by atoms with Crippen LogP contribution in [-0.2, 0) is 4.74 Å². The van der Waals surface area contributed by atoms with Crippen LogP contribution in [0.2, 0.25) is 0 Å². The summed E-state index contributed by atoms with van der Waals surface area (Å²) in [4.78, 5) is 11.7. The molecule has 1 N–H and O–H groups in total. The Bertz CT molecular complexity index is 456. The van der Waals surface area contributed by atoms with Gasteiger partial charge in [0.25, 0.3) is 0 Å². The fourth-order valence-electron chi connectivity index (χ4n) is 3.04. The molecule has 0 saturated heterocycles. The molecule has 0 aromatic heterocycles. The Morgan fingerprint density at radius 3 is 2.89 bits per heavy atom. The lowest BCUT2D eigenvalue weighted by Crippen LogP contribution is -2.24. The molecule has 1 fully saturated rings. The molecule has 0 amide bonds. The quantitative estimate of drug-likeness (QED) is 0.838. The molecular formula is C16H23NO2. The summed E-state index contributed by atoms with van der Waals surface area (Å²) in [5.41, 5.74) is 2.70. The second-order valence-electron chi connectivity index (χ2n) is 5.32. The Balaban J connectivity index is 2.19. The zero-order valence-corrected chi connectivity index (χ0v) is 12.0. The molecule has 1 aliphatic rings. The molecular weight excluding hydrogens is 238 g/mol. The van der Waals surface area contributed by atoms with Crippen molar-refractivity contribution in [3.8, 4) is 0 Å². The molecule has 104 valence electrons. The second-order valence-corrected chi connectivity index (χ2v) is 5.32. The van der Waals surface area contributed by atoms with Crippen LogP contribution < -0.4 is 5.32 Å². The fraction of sp³-hybridized carbons (Fsp3) is 0.562. The van der Waals surface area contributed by atoms with Gasteiger partial charge in [-0.15, -0.1) is 0 Å². The predicted octanol–water partition coefficient (Wildman–Crippen LogP) is 3.77. The number of rotatable bonds is 4. The largest absolute Gasteiger partial charge is 0.465 e. The molecule has 19 heavy (non-hydrogen) atoms. The first-order valence-electron chi connectivity index (χ1n) is 7.11. The maximum absolute atomic E-state index is 11.7. The van der Waals surface area contributed by atoms with E-state index in [1.54, 1.807) is 0 Å². The first-order chi connectivity index (χ1) is 9.17. The Morgan fingerprint density at radius 2 is 2.21 bits per heavy atom. The van der Waals surface area contributed by atoms with Crippen molar-refractivity contribution in [3.63, 3.8) is 0 Å². The first kappa shape index (κ1) is 13.9. The summed E-state index contributed by atoms with van der Waals surface area (Å²) in [7, 11) is 1.42. The average Bonchev–Trinajstić information content (AvgIpc) is 2.87. The minimum Gasteiger partial charge on any atom is -0.465 e. The van der Waals surface area contributed by atoms with E-state index in [1.807, 2.05) is 25.1 Å². The number of nitrogens with one attached hydrogen (secondary N) is 1. The molecule has 1 saturated carbocycles. The number of carbonyl (C=O) groups is 1. The van der Waals surface area contributed by atoms with E-state index in [-0.39, 0.29) is 5.97 Å². The number of hydrogen-bond acceptors (Lipinski definition) is 3. The van der Waals surface area contributed by atoms with E-state index < -0.39 is 0 Å². The number of benzene rings is 1. The van der Waals surface area contributed by atoms with Crippen molar-refractivity contribution in [1.29, 1.82) is 0 Å². The summed E-state index contributed by atoms with van der Waals surface area (Å²) in [6.45, 7) is 4.23. The third kappa shape index (κ3) is 2.91. The van der Waals surface area contributed by atoms with Crippen molar-refractivity contribution >= 4 is 11.7 Å². The third-order valence-electron chi connectivity index (χ3n) is 4.26. The Labute approximate surface area is 115 Å². The summed E-state index contributed by atoms with van der Waals surface area (Å²) < 4.78 is 4.82. The van der Waals surface area contributed by atoms with E-state index in [1.165, 1.54) is 32.8 Å². The van der Waals surface area contributed by atoms with Crippen LogP contribution >= 0.6 is 0 Å². The van der Waals surface area contributed by atoms with E-state index in [4.69, 9.17) is 4.74 Å². The van der Waals surface area contributed by atoms with E-state index in [0.717, 1.165) is 17.2 Å². The van der Waals surface area contributed by atoms with E-state index in [0.29, 0.717) is 11.6 Å². The molecule has 0 radical (unpaired) electrons. The van der Waals surface area contributed by atoms with Crippen molar-refractivity contribution in [2.75, 3.05) is 12.4 Å². The molecule has 3 heteroatoms. The molecule has 1 aromatic rings. The highest BCUT2D eigenvalue weighted by atomic mass is 16.5. The third-order valence-corrected chi connectivity index (χ3v) is 4.26. The molecule has 1 aliphatic carbocycles. The van der Waals surface area contributed by atoms with Crippen molar-refractivity contribution in [2.24, 2.45) is 5.92 Å². The van der Waals surface area contributed by atoms with Gasteiger partial charge in [-0.05, 0) is 43.4 Å². The lowest BCUT2D eigenvalue weighted by atomic mass is 9.99. The van der Waals surface area contributed by atoms with Crippen LogP contribution in [0.4, 0.5) is 5.69 Å². The van der Waals surface area contributed by atoms with Crippen molar-refractivity contribution in [2.45, 2.75) is 45.6 Å². The van der Waals surface area contributed by atoms with Crippen LogP contribution in [0.3, 0.4) is 0 Å². The van der Waals surface area contributed by atoms with Crippen LogP contribution in [0.15, 0.2) is 18.2 Å². The van der Waals surface area contributed by atoms with Gasteiger partial charge in [0.2, 0.25) is 0 Å². The van der Waals surface area contributed by atoms with Crippen LogP contribution in [0.1, 0.15) is 48.5 Å². The van der Waals surface area contributed by atoms with Gasteiger partial charge < -0.3 is 10.1 Å². The summed E-state index contributed by atoms with van der Waals surface area (Å²) in [6, 6.07) is 6.32. The predicted molar refractivity (Wildman–Crippen MR) is 77.6 cm³/mol. The normalized spacial score (nSPS) is 22.3. The van der Waals surface area contributed by atoms with E-state index >= 15 is 0 Å². The number of esters is 1. The second kappa shape index (κ2) is 6.09. The van der Waals surface area contributed by atoms with Crippen molar-refractivity contribution < 1.29 is 9.53 Å². The van der Waals surface area contributed by atoms with Gasteiger partial charge in [0.05, 0.1) is 12.7 Å². The zero-order chi connectivity index (χ0) is 13.8. The Morgan fingerprint density at radius 1 is 1.42 bits per heavy atom. The molecule has 3 nitrogen and oxygen atoms in total. The van der Waals surface area contributed by atoms with Gasteiger partial charge >= 0.3 is 5.97 Å². The number of ether oxygens (including phenoxy) is 1. The smallest absolute Gasteiger partial charge is 0.338 e. The lowest BCUT2D eigenvalue weighted by molar-refractivity contribution is 0.0600. The summed E-state index contributed by atoms with van der Waals surface area (Å²) in [5.74, 6) is 0.487. The van der Waals surface area contributed by atoms with Gasteiger partial charge in [0.1, 0.15) is 0 Å². The van der Waals surface area contributed by atoms with Crippen LogP contribution in [-0.4, -0.2) is 19.1 Å². The van der Waals surface area contributed by atoms with Crippen LogP contribution in [0, 0.1) is 12.8 Å². The van der Waals surface area contributed by atoms with Gasteiger partial charge in [-0.3, -0.25) is 0 Å². The maximum Gasteiger partial charge on any atom is 0.338 e. The average molecular weight is 261 g/mol. The van der Waals surface area contributed by atoms with E-state index in [9.17, 15) is 4.79 Å². The van der Waals surface area contributed by atoms with Gasteiger partial charge in [0.15, 0.2) is 0 Å². The summed E-state index contributed by atoms with van der Waals surface area (Å²) >= 11 is 0. The minimum atomic E-state index is -0.264. The van der Waals surface area contributed by atoms with Crippen LogP contribution in [0.25, 0.3) is 0 Å². The van der Waals surface area contributed by atoms with Crippen molar-refractivity contribution in [3.05, 3.63) is 29.3 Å². The highest BCUT2D eigenvalue weighted by Crippen LogP contribution is 2.32. The van der Waals surface area contributed by atoms with Gasteiger partial charge in [-0.2, -0.15) is 0 Å². The first-order valence-corrected chi connectivity index (χ1v) is 7.11. The topological polar surface area (TPSA) is 38.3 Å². The number of anilines is 1. The molecule has 0 bridgehead atoms. The molecule has 2 rings (SSSR count). The summed E-state index contributed by atoms with van der Waals surface area (Å²) in [6.07, 6.45) is 5.05. The monoisotopic (exact) mass is 261 g/mol. The zero-order valence-electron chi connectivity index (χ0n) is 12.0. The highest BCUT2D eigenvalue weighted by Gasteiger charge is 2.26. The van der Waals surface area contributed by atoms with E-state index in [2.05, 4.69) is 12.2 Å². The number of hydrogen-bond donors (Lipinski definition) is 1. The fourth-order valence-corrected chi connectivity index (χ4v) is 3.04. The van der Waals surface area contributed by atoms with Gasteiger partial charge in [-0.1, -0.05) is 25.8 Å².